The van der Waals surface area contributed by atoms with Crippen LogP contribution in [-0.2, 0) is 35.9 Å². The van der Waals surface area contributed by atoms with Gasteiger partial charge in [0.2, 0.25) is 5.82 Å². The molecule has 0 radical (unpaired) electrons. The lowest BCUT2D eigenvalue weighted by Gasteiger charge is -2.08. The molecule has 2 heterocycles. The molecule has 0 aliphatic heterocycles. The number of carbonyl (C=O) groups excluding carboxylic acids is 2. The highest BCUT2D eigenvalue weighted by Crippen LogP contribution is 2.31. The van der Waals surface area contributed by atoms with Crippen LogP contribution < -0.4 is 10.6 Å². The number of imidazole rings is 1. The molecule has 11 heteroatoms. The lowest BCUT2D eigenvalue weighted by atomic mass is 10.2. The van der Waals surface area contributed by atoms with Crippen molar-refractivity contribution in [1.82, 2.24) is 24.6 Å². The van der Waals surface area contributed by atoms with Crippen molar-refractivity contribution < 1.29 is 22.8 Å². The minimum absolute atomic E-state index is 0.0567. The molecule has 2 amide bonds. The summed E-state index contributed by atoms with van der Waals surface area (Å²) >= 11 is 0. The highest BCUT2D eigenvalue weighted by Gasteiger charge is 2.36. The minimum atomic E-state index is -4.60. The molecule has 3 rings (SSSR count). The van der Waals surface area contributed by atoms with Crippen LogP contribution in [0.15, 0.2) is 18.2 Å². The number of aromatic nitrogens is 4. The summed E-state index contributed by atoms with van der Waals surface area (Å²) < 4.78 is 41.7. The van der Waals surface area contributed by atoms with Crippen molar-refractivity contribution in [3.63, 3.8) is 0 Å². The van der Waals surface area contributed by atoms with Crippen molar-refractivity contribution in [3.05, 3.63) is 41.0 Å². The van der Waals surface area contributed by atoms with Crippen LogP contribution in [0.2, 0.25) is 0 Å². The third-order valence-electron chi connectivity index (χ3n) is 4.86. The monoisotopic (exact) mass is 422 g/mol. The number of nitrogens with zero attached hydrogens (tertiary/aromatic N) is 4. The fourth-order valence-electron chi connectivity index (χ4n) is 3.27. The molecule has 0 aliphatic carbocycles. The molecule has 0 unspecified atom stereocenters. The Morgan fingerprint density at radius 2 is 1.87 bits per heavy atom. The predicted octanol–water partition coefficient (Wildman–Crippen LogP) is 2.68. The first-order valence-electron chi connectivity index (χ1n) is 9.18. The van der Waals surface area contributed by atoms with Crippen LogP contribution in [0.5, 0.6) is 0 Å². The molecule has 2 N–H and O–H groups in total. The second kappa shape index (κ2) is 7.81. The number of halogens is 3. The Hall–Kier alpha value is -3.37. The number of amides is 2. The quantitative estimate of drug-likeness (QED) is 0.632. The summed E-state index contributed by atoms with van der Waals surface area (Å²) in [5.41, 5.74) is 2.96. The Balaban J connectivity index is 1.70. The van der Waals surface area contributed by atoms with Gasteiger partial charge in [-0.15, -0.1) is 0 Å². The first-order chi connectivity index (χ1) is 14.0. The average molecular weight is 422 g/mol. The Bertz CT molecular complexity index is 1130. The van der Waals surface area contributed by atoms with Crippen LogP contribution in [0, 0.1) is 13.8 Å². The van der Waals surface area contributed by atoms with Crippen molar-refractivity contribution >= 4 is 28.5 Å². The van der Waals surface area contributed by atoms with Gasteiger partial charge in [-0.25, -0.2) is 4.98 Å². The number of carbonyl (C=O) groups is 2. The van der Waals surface area contributed by atoms with E-state index in [1.165, 1.54) is 25.2 Å². The normalized spacial score (nSPS) is 11.7. The van der Waals surface area contributed by atoms with Crippen LogP contribution in [0.25, 0.3) is 11.0 Å². The van der Waals surface area contributed by atoms with Gasteiger partial charge in [0.1, 0.15) is 0 Å². The van der Waals surface area contributed by atoms with E-state index in [0.29, 0.717) is 6.54 Å². The molecule has 0 aliphatic rings. The molecule has 30 heavy (non-hydrogen) atoms. The largest absolute Gasteiger partial charge is 0.449 e. The average Bonchev–Trinajstić information content (AvgIpc) is 3.15. The van der Waals surface area contributed by atoms with Crippen LogP contribution in [-0.4, -0.2) is 31.1 Å². The van der Waals surface area contributed by atoms with E-state index in [0.717, 1.165) is 21.5 Å². The smallest absolute Gasteiger partial charge is 0.344 e. The summed E-state index contributed by atoms with van der Waals surface area (Å²) in [5, 5.41) is 9.27. The first-order valence-corrected chi connectivity index (χ1v) is 9.18. The maximum atomic E-state index is 13.0. The summed E-state index contributed by atoms with van der Waals surface area (Å²) in [5.74, 6) is -2.84. The van der Waals surface area contributed by atoms with E-state index in [1.807, 2.05) is 20.8 Å². The molecule has 0 atom stereocenters. The summed E-state index contributed by atoms with van der Waals surface area (Å²) in [6, 6.07) is 4.10. The van der Waals surface area contributed by atoms with Gasteiger partial charge >= 0.3 is 18.0 Å². The molecule has 0 spiro atoms. The first kappa shape index (κ1) is 21.3. The van der Waals surface area contributed by atoms with Gasteiger partial charge in [0.05, 0.1) is 16.7 Å². The van der Waals surface area contributed by atoms with E-state index in [2.05, 4.69) is 20.7 Å². The summed E-state index contributed by atoms with van der Waals surface area (Å²) in [6.07, 6.45) is -4.60. The Morgan fingerprint density at radius 1 is 1.17 bits per heavy atom. The van der Waals surface area contributed by atoms with Crippen LogP contribution >= 0.6 is 0 Å². The Labute approximate surface area is 170 Å². The summed E-state index contributed by atoms with van der Waals surface area (Å²) in [7, 11) is 1.26. The minimum Gasteiger partial charge on any atom is -0.344 e. The van der Waals surface area contributed by atoms with Gasteiger partial charge in [-0.3, -0.25) is 14.3 Å². The highest BCUT2D eigenvalue weighted by molar-refractivity contribution is 6.39. The predicted molar refractivity (Wildman–Crippen MR) is 104 cm³/mol. The number of hydrogen-bond donors (Lipinski definition) is 2. The number of nitrogens with one attached hydrogen (secondary N) is 2. The molecule has 2 aromatic heterocycles. The topological polar surface area (TPSA) is 93.8 Å². The van der Waals surface area contributed by atoms with Crippen molar-refractivity contribution in [3.8, 4) is 0 Å². The number of fused-ring (bicyclic) bond motifs is 1. The van der Waals surface area contributed by atoms with Crippen LogP contribution in [0.3, 0.4) is 0 Å². The molecule has 1 aromatic carbocycles. The van der Waals surface area contributed by atoms with Crippen LogP contribution in [0.4, 0.5) is 18.9 Å². The molecule has 3 aromatic rings. The second-order valence-corrected chi connectivity index (χ2v) is 6.80. The molecule has 0 bridgehead atoms. The standard InChI is InChI=1S/C19H21F3N6O2/c1-5-28-11(3)13(10(2)26-28)9-23-16(29)17(30)24-12-6-7-15-14(8-12)25-18(27(15)4)19(20,21)22/h6-8H,5,9H2,1-4H3,(H,23,29)(H,24,30). The van der Waals surface area contributed by atoms with Crippen molar-refractivity contribution in [2.45, 2.75) is 40.0 Å². The Morgan fingerprint density at radius 3 is 2.47 bits per heavy atom. The van der Waals surface area contributed by atoms with Gasteiger partial charge in [0.25, 0.3) is 0 Å². The van der Waals surface area contributed by atoms with Gasteiger partial charge < -0.3 is 15.2 Å². The molecule has 0 fully saturated rings. The summed E-state index contributed by atoms with van der Waals surface area (Å²) in [6.45, 7) is 6.47. The van der Waals surface area contributed by atoms with E-state index < -0.39 is 23.8 Å². The zero-order chi connectivity index (χ0) is 22.2. The van der Waals surface area contributed by atoms with E-state index in [4.69, 9.17) is 0 Å². The van der Waals surface area contributed by atoms with E-state index in [9.17, 15) is 22.8 Å². The number of alkyl halides is 3. The van der Waals surface area contributed by atoms with Gasteiger partial charge in [0.15, 0.2) is 0 Å². The third kappa shape index (κ3) is 4.00. The number of anilines is 1. The molecular weight excluding hydrogens is 401 g/mol. The second-order valence-electron chi connectivity index (χ2n) is 6.80. The highest BCUT2D eigenvalue weighted by atomic mass is 19.4. The molecule has 8 nitrogen and oxygen atoms in total. The number of benzene rings is 1. The third-order valence-corrected chi connectivity index (χ3v) is 4.86. The maximum absolute atomic E-state index is 13.0. The van der Waals surface area contributed by atoms with Gasteiger partial charge in [-0.05, 0) is 39.0 Å². The molecule has 0 saturated heterocycles. The van der Waals surface area contributed by atoms with E-state index in [1.54, 1.807) is 4.68 Å². The molecular formula is C19H21F3N6O2. The van der Waals surface area contributed by atoms with Gasteiger partial charge in [-0.2, -0.15) is 18.3 Å². The zero-order valence-electron chi connectivity index (χ0n) is 16.9. The summed E-state index contributed by atoms with van der Waals surface area (Å²) in [4.78, 5) is 27.9. The van der Waals surface area contributed by atoms with Gasteiger partial charge in [0, 0.05) is 37.1 Å². The van der Waals surface area contributed by atoms with Crippen molar-refractivity contribution in [1.29, 1.82) is 0 Å². The fourth-order valence-corrected chi connectivity index (χ4v) is 3.27. The van der Waals surface area contributed by atoms with Crippen molar-refractivity contribution in [2.75, 3.05) is 5.32 Å². The lowest BCUT2D eigenvalue weighted by Crippen LogP contribution is -2.35. The van der Waals surface area contributed by atoms with E-state index in [-0.39, 0.29) is 23.3 Å². The van der Waals surface area contributed by atoms with E-state index >= 15 is 0 Å². The maximum Gasteiger partial charge on any atom is 0.449 e. The SMILES string of the molecule is CCn1nc(C)c(CNC(=O)C(=O)Nc2ccc3c(c2)nc(C(F)(F)F)n3C)c1C. The van der Waals surface area contributed by atoms with Gasteiger partial charge in [-0.1, -0.05) is 0 Å². The van der Waals surface area contributed by atoms with Crippen LogP contribution in [0.1, 0.15) is 29.7 Å². The molecule has 0 saturated carbocycles. The fraction of sp³-hybridized carbons (Fsp3) is 0.368. The zero-order valence-corrected chi connectivity index (χ0v) is 16.9. The Kier molecular flexibility index (Phi) is 5.55. The lowest BCUT2D eigenvalue weighted by molar-refractivity contribution is -0.146. The number of hydrogen-bond acceptors (Lipinski definition) is 4. The number of rotatable bonds is 4. The number of aryl methyl sites for hydroxylation is 3. The molecule has 160 valence electrons. The van der Waals surface area contributed by atoms with Crippen molar-refractivity contribution in [2.24, 2.45) is 7.05 Å².